The molecule has 1 unspecified atom stereocenters. The Morgan fingerprint density at radius 2 is 1.86 bits per heavy atom. The number of aromatic nitrogens is 1. The van der Waals surface area contributed by atoms with Crippen molar-refractivity contribution in [3.05, 3.63) is 65.0 Å². The number of carbonyl (C=O) groups excluding carboxylic acids is 1. The molecule has 0 amide bonds. The molecular formula is C27H29ClF3NO5. The Morgan fingerprint density at radius 3 is 2.51 bits per heavy atom. The first-order valence-corrected chi connectivity index (χ1v) is 12.1. The van der Waals surface area contributed by atoms with E-state index in [1.807, 2.05) is 25.3 Å². The Balaban J connectivity index is 1.95. The number of fused-ring (bicyclic) bond motifs is 1. The molecule has 0 saturated heterocycles. The lowest BCUT2D eigenvalue weighted by Gasteiger charge is -2.17. The van der Waals surface area contributed by atoms with Crippen molar-refractivity contribution in [3.8, 4) is 17.2 Å². The van der Waals surface area contributed by atoms with E-state index >= 15 is 0 Å². The molecule has 0 fully saturated rings. The van der Waals surface area contributed by atoms with Crippen molar-refractivity contribution in [2.45, 2.75) is 53.6 Å². The molecule has 1 heterocycles. The first-order valence-electron chi connectivity index (χ1n) is 11.7. The van der Waals surface area contributed by atoms with Gasteiger partial charge in [-0.15, -0.1) is 13.2 Å². The van der Waals surface area contributed by atoms with E-state index in [4.69, 9.17) is 25.8 Å². The average molecular weight is 540 g/mol. The largest absolute Gasteiger partial charge is 0.573 e. The minimum absolute atomic E-state index is 0.187. The van der Waals surface area contributed by atoms with Gasteiger partial charge in [-0.05, 0) is 56.5 Å². The molecule has 3 aromatic rings. The molecule has 0 aliphatic heterocycles. The number of hydrogen-bond acceptors (Lipinski definition) is 5. The van der Waals surface area contributed by atoms with Crippen LogP contribution in [0, 0.1) is 12.8 Å². The third-order valence-electron chi connectivity index (χ3n) is 5.32. The zero-order valence-corrected chi connectivity index (χ0v) is 21.9. The molecule has 0 N–H and O–H groups in total. The Hall–Kier alpha value is -3.33. The average Bonchev–Trinajstić information content (AvgIpc) is 3.07. The SMILES string of the molecule is C/C=C/Oc1c(C)n(Cc2ccc(Cl)c(OC(C)C(=O)OCC(C)C)c2)c2cc(OC(F)(F)F)ccc12. The van der Waals surface area contributed by atoms with Crippen LogP contribution in [0.15, 0.2) is 48.7 Å². The molecule has 0 spiro atoms. The van der Waals surface area contributed by atoms with Gasteiger partial charge in [-0.25, -0.2) is 4.79 Å². The van der Waals surface area contributed by atoms with Crippen LogP contribution in [0.4, 0.5) is 13.2 Å². The maximum Gasteiger partial charge on any atom is 0.573 e. The van der Waals surface area contributed by atoms with E-state index < -0.39 is 18.4 Å². The molecule has 0 aliphatic carbocycles. The van der Waals surface area contributed by atoms with Crippen molar-refractivity contribution >= 4 is 28.5 Å². The summed E-state index contributed by atoms with van der Waals surface area (Å²) in [4.78, 5) is 12.2. The number of allylic oxidation sites excluding steroid dienone is 1. The van der Waals surface area contributed by atoms with Crippen LogP contribution >= 0.6 is 11.6 Å². The van der Waals surface area contributed by atoms with E-state index in [2.05, 4.69) is 4.74 Å². The van der Waals surface area contributed by atoms with E-state index in [9.17, 15) is 18.0 Å². The number of halogens is 4. The molecule has 1 aromatic heterocycles. The fourth-order valence-electron chi connectivity index (χ4n) is 3.63. The van der Waals surface area contributed by atoms with Gasteiger partial charge >= 0.3 is 12.3 Å². The Labute approximate surface area is 218 Å². The fourth-order valence-corrected chi connectivity index (χ4v) is 3.80. The molecule has 1 atom stereocenters. The van der Waals surface area contributed by atoms with Gasteiger partial charge in [-0.2, -0.15) is 0 Å². The van der Waals surface area contributed by atoms with Gasteiger partial charge in [0.1, 0.15) is 11.5 Å². The van der Waals surface area contributed by atoms with Gasteiger partial charge in [0, 0.05) is 18.0 Å². The number of carbonyl (C=O) groups is 1. The second kappa shape index (κ2) is 11.8. The number of nitrogens with zero attached hydrogens (tertiary/aromatic N) is 1. The maximum atomic E-state index is 12.8. The molecule has 0 bridgehead atoms. The van der Waals surface area contributed by atoms with Gasteiger partial charge in [0.25, 0.3) is 0 Å². The molecule has 10 heteroatoms. The number of alkyl halides is 3. The van der Waals surface area contributed by atoms with Crippen molar-refractivity contribution in [2.24, 2.45) is 5.92 Å². The van der Waals surface area contributed by atoms with Gasteiger partial charge < -0.3 is 23.5 Å². The lowest BCUT2D eigenvalue weighted by atomic mass is 10.2. The van der Waals surface area contributed by atoms with E-state index in [1.54, 1.807) is 38.1 Å². The van der Waals surface area contributed by atoms with Crippen LogP contribution in [0.1, 0.15) is 39.0 Å². The van der Waals surface area contributed by atoms with Crippen molar-refractivity contribution in [2.75, 3.05) is 6.61 Å². The highest BCUT2D eigenvalue weighted by molar-refractivity contribution is 6.32. The van der Waals surface area contributed by atoms with Crippen molar-refractivity contribution in [3.63, 3.8) is 0 Å². The maximum absolute atomic E-state index is 12.8. The lowest BCUT2D eigenvalue weighted by molar-refractivity contribution is -0.274. The van der Waals surface area contributed by atoms with Crippen LogP contribution in [0.25, 0.3) is 10.9 Å². The molecule has 6 nitrogen and oxygen atoms in total. The van der Waals surface area contributed by atoms with Crippen LogP contribution in [0.5, 0.6) is 17.2 Å². The highest BCUT2D eigenvalue weighted by Crippen LogP contribution is 2.37. The third-order valence-corrected chi connectivity index (χ3v) is 5.64. The summed E-state index contributed by atoms with van der Waals surface area (Å²) in [5.74, 6) is 0.134. The van der Waals surface area contributed by atoms with E-state index in [1.165, 1.54) is 24.5 Å². The van der Waals surface area contributed by atoms with Crippen molar-refractivity contribution in [1.82, 2.24) is 4.57 Å². The lowest BCUT2D eigenvalue weighted by Crippen LogP contribution is -2.27. The summed E-state index contributed by atoms with van der Waals surface area (Å²) in [5.41, 5.74) is 1.92. The quantitative estimate of drug-likeness (QED) is 0.198. The smallest absolute Gasteiger partial charge is 0.477 e. The van der Waals surface area contributed by atoms with Crippen molar-refractivity contribution < 1.29 is 36.9 Å². The van der Waals surface area contributed by atoms with Gasteiger partial charge in [0.15, 0.2) is 11.9 Å². The predicted octanol–water partition coefficient (Wildman–Crippen LogP) is 7.43. The van der Waals surface area contributed by atoms with Gasteiger partial charge in [-0.3, -0.25) is 0 Å². The second-order valence-electron chi connectivity index (χ2n) is 8.86. The predicted molar refractivity (Wildman–Crippen MR) is 135 cm³/mol. The summed E-state index contributed by atoms with van der Waals surface area (Å²) in [6.45, 7) is 9.57. The van der Waals surface area contributed by atoms with Crippen LogP contribution < -0.4 is 14.2 Å². The normalized spacial score (nSPS) is 12.8. The van der Waals surface area contributed by atoms with Gasteiger partial charge in [0.2, 0.25) is 0 Å². The highest BCUT2D eigenvalue weighted by atomic mass is 35.5. The summed E-state index contributed by atoms with van der Waals surface area (Å²) in [7, 11) is 0. The third kappa shape index (κ3) is 7.35. The Bertz CT molecular complexity index is 1280. The summed E-state index contributed by atoms with van der Waals surface area (Å²) >= 11 is 6.31. The van der Waals surface area contributed by atoms with Crippen LogP contribution in [0.2, 0.25) is 5.02 Å². The fraction of sp³-hybridized carbons (Fsp3) is 0.370. The summed E-state index contributed by atoms with van der Waals surface area (Å²) in [6, 6.07) is 9.18. The second-order valence-corrected chi connectivity index (χ2v) is 9.27. The first-order chi connectivity index (χ1) is 17.4. The number of benzene rings is 2. The van der Waals surface area contributed by atoms with E-state index in [-0.39, 0.29) is 30.6 Å². The summed E-state index contributed by atoms with van der Waals surface area (Å²) < 4.78 is 61.2. The Morgan fingerprint density at radius 1 is 1.14 bits per heavy atom. The van der Waals surface area contributed by atoms with Crippen LogP contribution in [0.3, 0.4) is 0 Å². The molecule has 200 valence electrons. The summed E-state index contributed by atoms with van der Waals surface area (Å²) in [5, 5.41) is 0.927. The van der Waals surface area contributed by atoms with Gasteiger partial charge in [-0.1, -0.05) is 37.6 Å². The number of hydrogen-bond donors (Lipinski definition) is 0. The number of esters is 1. The van der Waals surface area contributed by atoms with Crippen molar-refractivity contribution in [1.29, 1.82) is 0 Å². The zero-order valence-electron chi connectivity index (χ0n) is 21.2. The minimum atomic E-state index is -4.82. The molecule has 2 aromatic carbocycles. The molecular weight excluding hydrogens is 511 g/mol. The van der Waals surface area contributed by atoms with Gasteiger partial charge in [0.05, 0.1) is 29.1 Å². The highest BCUT2D eigenvalue weighted by Gasteiger charge is 2.31. The first kappa shape index (κ1) is 28.2. The molecule has 0 saturated carbocycles. The molecule has 3 rings (SSSR count). The minimum Gasteiger partial charge on any atom is -0.477 e. The van der Waals surface area contributed by atoms with E-state index in [0.717, 1.165) is 5.56 Å². The zero-order chi connectivity index (χ0) is 27.3. The molecule has 0 radical (unpaired) electrons. The summed E-state index contributed by atoms with van der Waals surface area (Å²) in [6.07, 6.45) is -2.50. The number of ether oxygens (including phenoxy) is 4. The monoisotopic (exact) mass is 539 g/mol. The van der Waals surface area contributed by atoms with Crippen LogP contribution in [-0.4, -0.2) is 29.6 Å². The standard InChI is InChI=1S/C27H29ClF3NO5/c1-6-11-34-25-17(4)32(23-13-20(8-9-21(23)25)37-27(29,30)31)14-19-7-10-22(28)24(12-19)36-18(5)26(33)35-15-16(2)3/h6-13,16,18H,14-15H2,1-5H3/b11-6+. The molecule has 0 aliphatic rings. The van der Waals surface area contributed by atoms with Crippen LogP contribution in [-0.2, 0) is 16.1 Å². The number of rotatable bonds is 10. The van der Waals surface area contributed by atoms with E-state index in [0.29, 0.717) is 27.4 Å². The Kier molecular flexibility index (Phi) is 9.02. The molecule has 37 heavy (non-hydrogen) atoms. The topological polar surface area (TPSA) is 58.9 Å².